The van der Waals surface area contributed by atoms with Crippen LogP contribution < -0.4 is 4.74 Å². The first-order valence-corrected chi connectivity index (χ1v) is 9.20. The summed E-state index contributed by atoms with van der Waals surface area (Å²) >= 11 is 0. The molecule has 1 unspecified atom stereocenters. The van der Waals surface area contributed by atoms with Gasteiger partial charge in [0, 0.05) is 23.3 Å². The van der Waals surface area contributed by atoms with Gasteiger partial charge in [-0.05, 0) is 46.9 Å². The summed E-state index contributed by atoms with van der Waals surface area (Å²) in [7, 11) is 1.67. The molecule has 0 aliphatic heterocycles. The van der Waals surface area contributed by atoms with Crippen LogP contribution in [0.1, 0.15) is 38.3 Å². The van der Waals surface area contributed by atoms with Crippen LogP contribution in [-0.2, 0) is 16.0 Å². The standard InChI is InChI=1S/C23H24O3/c1-13-9-21(24)17-7-8-23(2,3)20-11-14-10-15(26-4)5-6-16(14)18(20)12-19(17)22(13)25/h5-8,10,12-13,17H,9,11H2,1-4H3/b8-7-,19-12+/t13-,17?/m0/s1. The van der Waals surface area contributed by atoms with Gasteiger partial charge in [-0.2, -0.15) is 0 Å². The first kappa shape index (κ1) is 17.0. The van der Waals surface area contributed by atoms with Crippen molar-refractivity contribution in [1.82, 2.24) is 0 Å². The van der Waals surface area contributed by atoms with Crippen molar-refractivity contribution in [3.63, 3.8) is 0 Å². The van der Waals surface area contributed by atoms with Gasteiger partial charge in [-0.15, -0.1) is 0 Å². The fraction of sp³-hybridized carbons (Fsp3) is 0.391. The second-order valence-electron chi connectivity index (χ2n) is 8.19. The molecule has 1 saturated carbocycles. The van der Waals surface area contributed by atoms with Gasteiger partial charge < -0.3 is 4.74 Å². The third-order valence-corrected chi connectivity index (χ3v) is 6.00. The zero-order valence-electron chi connectivity index (χ0n) is 15.8. The van der Waals surface area contributed by atoms with Gasteiger partial charge in [-0.1, -0.05) is 39.0 Å². The van der Waals surface area contributed by atoms with Crippen molar-refractivity contribution in [3.05, 3.63) is 58.7 Å². The van der Waals surface area contributed by atoms with Crippen LogP contribution >= 0.6 is 0 Å². The monoisotopic (exact) mass is 348 g/mol. The lowest BCUT2D eigenvalue weighted by molar-refractivity contribution is -0.130. The Hall–Kier alpha value is -2.42. The summed E-state index contributed by atoms with van der Waals surface area (Å²) in [5, 5.41) is 0. The molecule has 3 aliphatic rings. The van der Waals surface area contributed by atoms with Gasteiger partial charge in [-0.25, -0.2) is 0 Å². The molecule has 4 rings (SSSR count). The van der Waals surface area contributed by atoms with Gasteiger partial charge in [0.15, 0.2) is 5.78 Å². The topological polar surface area (TPSA) is 43.4 Å². The van der Waals surface area contributed by atoms with Crippen LogP contribution in [0.3, 0.4) is 0 Å². The molecule has 3 aliphatic carbocycles. The Bertz CT molecular complexity index is 911. The highest BCUT2D eigenvalue weighted by atomic mass is 16.5. The van der Waals surface area contributed by atoms with Gasteiger partial charge in [0.05, 0.1) is 13.0 Å². The molecule has 0 N–H and O–H groups in total. The molecule has 3 nitrogen and oxygen atoms in total. The van der Waals surface area contributed by atoms with Crippen LogP contribution in [0.2, 0.25) is 0 Å². The van der Waals surface area contributed by atoms with Crippen LogP contribution in [0.25, 0.3) is 5.57 Å². The largest absolute Gasteiger partial charge is 0.497 e. The first-order valence-electron chi connectivity index (χ1n) is 9.20. The van der Waals surface area contributed by atoms with Crippen molar-refractivity contribution in [2.75, 3.05) is 7.11 Å². The van der Waals surface area contributed by atoms with Crippen molar-refractivity contribution in [3.8, 4) is 5.75 Å². The summed E-state index contributed by atoms with van der Waals surface area (Å²) in [6, 6.07) is 6.11. The van der Waals surface area contributed by atoms with Crippen molar-refractivity contribution in [2.45, 2.75) is 33.6 Å². The van der Waals surface area contributed by atoms with Crippen LogP contribution in [0.4, 0.5) is 0 Å². The Labute approximate surface area is 154 Å². The van der Waals surface area contributed by atoms with E-state index in [4.69, 9.17) is 4.74 Å². The second kappa shape index (κ2) is 5.80. The number of Topliss-reactive ketones (excluding diaryl/α,β-unsaturated/α-hetero) is 2. The Morgan fingerprint density at radius 3 is 2.69 bits per heavy atom. The molecule has 2 atom stereocenters. The number of rotatable bonds is 1. The Morgan fingerprint density at radius 2 is 1.96 bits per heavy atom. The fourth-order valence-electron chi connectivity index (χ4n) is 4.39. The van der Waals surface area contributed by atoms with E-state index in [1.165, 1.54) is 11.1 Å². The molecule has 0 radical (unpaired) electrons. The average Bonchev–Trinajstić information content (AvgIpc) is 2.96. The molecule has 0 saturated heterocycles. The van der Waals surface area contributed by atoms with E-state index in [9.17, 15) is 9.59 Å². The van der Waals surface area contributed by atoms with Gasteiger partial charge in [-0.3, -0.25) is 9.59 Å². The predicted molar refractivity (Wildman–Crippen MR) is 102 cm³/mol. The molecular formula is C23H24O3. The zero-order valence-corrected chi connectivity index (χ0v) is 15.8. The molecule has 26 heavy (non-hydrogen) atoms. The number of fused-ring (bicyclic) bond motifs is 3. The number of carbonyl (C=O) groups is 2. The summed E-state index contributed by atoms with van der Waals surface area (Å²) in [5.74, 6) is 0.455. The number of allylic oxidation sites excluding steroid dienone is 6. The van der Waals surface area contributed by atoms with Crippen molar-refractivity contribution in [2.24, 2.45) is 17.3 Å². The van der Waals surface area contributed by atoms with E-state index in [1.807, 2.05) is 25.1 Å². The Balaban J connectivity index is 1.93. The minimum absolute atomic E-state index is 0.104. The quantitative estimate of drug-likeness (QED) is 0.710. The summed E-state index contributed by atoms with van der Waals surface area (Å²) in [6.45, 7) is 6.21. The molecule has 1 fully saturated rings. The highest BCUT2D eigenvalue weighted by molar-refractivity contribution is 6.11. The summed E-state index contributed by atoms with van der Waals surface area (Å²) in [6.07, 6.45) is 7.24. The van der Waals surface area contributed by atoms with Crippen LogP contribution in [0, 0.1) is 17.3 Å². The lowest BCUT2D eigenvalue weighted by Gasteiger charge is -2.30. The number of hydrogen-bond acceptors (Lipinski definition) is 3. The average molecular weight is 348 g/mol. The van der Waals surface area contributed by atoms with E-state index in [-0.39, 0.29) is 22.9 Å². The van der Waals surface area contributed by atoms with E-state index in [0.29, 0.717) is 12.0 Å². The van der Waals surface area contributed by atoms with Crippen LogP contribution in [0.5, 0.6) is 5.75 Å². The molecule has 3 heteroatoms. The number of ketones is 2. The minimum atomic E-state index is -0.408. The van der Waals surface area contributed by atoms with Crippen molar-refractivity contribution >= 4 is 17.1 Å². The summed E-state index contributed by atoms with van der Waals surface area (Å²) in [4.78, 5) is 25.4. The Kier molecular flexibility index (Phi) is 3.80. The van der Waals surface area contributed by atoms with Gasteiger partial charge >= 0.3 is 0 Å². The summed E-state index contributed by atoms with van der Waals surface area (Å²) < 4.78 is 5.38. The molecule has 0 aromatic heterocycles. The number of carbonyl (C=O) groups excluding carboxylic acids is 2. The van der Waals surface area contributed by atoms with Crippen LogP contribution in [0.15, 0.2) is 47.6 Å². The molecule has 1 aromatic rings. The van der Waals surface area contributed by atoms with E-state index in [2.05, 4.69) is 32.1 Å². The maximum Gasteiger partial charge on any atom is 0.163 e. The van der Waals surface area contributed by atoms with E-state index < -0.39 is 5.92 Å². The number of ether oxygens (including phenoxy) is 1. The Morgan fingerprint density at radius 1 is 1.19 bits per heavy atom. The minimum Gasteiger partial charge on any atom is -0.497 e. The molecule has 0 bridgehead atoms. The highest BCUT2D eigenvalue weighted by Crippen LogP contribution is 2.47. The molecule has 134 valence electrons. The van der Waals surface area contributed by atoms with Crippen molar-refractivity contribution < 1.29 is 14.3 Å². The lowest BCUT2D eigenvalue weighted by atomic mass is 9.71. The molecule has 0 amide bonds. The smallest absolute Gasteiger partial charge is 0.163 e. The molecule has 0 spiro atoms. The fourth-order valence-corrected chi connectivity index (χ4v) is 4.39. The normalized spacial score (nSPS) is 29.8. The van der Waals surface area contributed by atoms with Crippen molar-refractivity contribution in [1.29, 1.82) is 0 Å². The molecule has 1 aromatic carbocycles. The second-order valence-corrected chi connectivity index (χ2v) is 8.19. The molecular weight excluding hydrogens is 324 g/mol. The maximum absolute atomic E-state index is 12.8. The number of hydrogen-bond donors (Lipinski definition) is 0. The third kappa shape index (κ3) is 2.49. The van der Waals surface area contributed by atoms with E-state index >= 15 is 0 Å². The van der Waals surface area contributed by atoms with Gasteiger partial charge in [0.1, 0.15) is 11.5 Å². The lowest BCUT2D eigenvalue weighted by Crippen LogP contribution is -2.33. The zero-order chi connectivity index (χ0) is 18.6. The van der Waals surface area contributed by atoms with Gasteiger partial charge in [0.25, 0.3) is 0 Å². The highest BCUT2D eigenvalue weighted by Gasteiger charge is 2.39. The maximum atomic E-state index is 12.8. The third-order valence-electron chi connectivity index (χ3n) is 6.00. The number of methoxy groups -OCH3 is 1. The van der Waals surface area contributed by atoms with E-state index in [1.54, 1.807) is 7.11 Å². The van der Waals surface area contributed by atoms with Gasteiger partial charge in [0.2, 0.25) is 0 Å². The van der Waals surface area contributed by atoms with E-state index in [0.717, 1.165) is 23.3 Å². The number of benzene rings is 1. The van der Waals surface area contributed by atoms with Crippen LogP contribution in [-0.4, -0.2) is 18.7 Å². The predicted octanol–water partition coefficient (Wildman–Crippen LogP) is 4.32. The first-order chi connectivity index (χ1) is 12.3. The summed E-state index contributed by atoms with van der Waals surface area (Å²) in [5.41, 5.74) is 5.24. The molecule has 0 heterocycles. The SMILES string of the molecule is COc1ccc2c(c1)CC1=C2/C=C2/C(=O)[C@@H](C)CC(=O)C2/C=C\C1(C)C.